The van der Waals surface area contributed by atoms with Crippen molar-refractivity contribution in [3.63, 3.8) is 0 Å². The Hall–Kier alpha value is -3.76. The van der Waals surface area contributed by atoms with E-state index in [-0.39, 0.29) is 29.1 Å². The number of nitrogens with one attached hydrogen (secondary N) is 2. The molecule has 1 unspecified atom stereocenters. The zero-order valence-electron chi connectivity index (χ0n) is 19.3. The number of rotatable bonds is 10. The van der Waals surface area contributed by atoms with E-state index in [1.54, 1.807) is 37.4 Å². The molecule has 0 spiro atoms. The minimum atomic E-state index is -3.85. The van der Waals surface area contributed by atoms with Gasteiger partial charge in [-0.25, -0.2) is 23.1 Å². The molecule has 0 saturated heterocycles. The Morgan fingerprint density at radius 2 is 1.58 bits per heavy atom. The first-order valence-corrected chi connectivity index (χ1v) is 13.2. The van der Waals surface area contributed by atoms with E-state index >= 15 is 0 Å². The van der Waals surface area contributed by atoms with Crippen molar-refractivity contribution in [3.8, 4) is 5.75 Å². The normalized spacial score (nSPS) is 11.9. The van der Waals surface area contributed by atoms with E-state index in [4.69, 9.17) is 4.74 Å². The molecule has 1 aromatic heterocycles. The second kappa shape index (κ2) is 11.3. The maximum Gasteiger partial charge on any atom is 0.264 e. The summed E-state index contributed by atoms with van der Waals surface area (Å²) in [6, 6.07) is 22.2. The molecular formula is C26H23BrN4O4S. The molecule has 36 heavy (non-hydrogen) atoms. The van der Waals surface area contributed by atoms with Gasteiger partial charge in [-0.2, -0.15) is 0 Å². The smallest absolute Gasteiger partial charge is 0.264 e. The van der Waals surface area contributed by atoms with Gasteiger partial charge in [0.25, 0.3) is 10.0 Å². The number of anilines is 2. The lowest BCUT2D eigenvalue weighted by atomic mass is 9.97. The molecule has 1 heterocycles. The molecule has 0 aliphatic rings. The highest BCUT2D eigenvalue weighted by molar-refractivity contribution is 9.10. The lowest BCUT2D eigenvalue weighted by Gasteiger charge is -2.21. The second-order valence-corrected chi connectivity index (χ2v) is 10.4. The molecule has 1 atom stereocenters. The number of benzene rings is 3. The van der Waals surface area contributed by atoms with Crippen LogP contribution in [-0.2, 0) is 10.0 Å². The largest absolute Gasteiger partial charge is 0.497 e. The number of hydrogen-bond acceptors (Lipinski definition) is 7. The van der Waals surface area contributed by atoms with Crippen LogP contribution in [0, 0.1) is 0 Å². The number of hydrogen-bond donors (Lipinski definition) is 2. The van der Waals surface area contributed by atoms with Crippen molar-refractivity contribution in [3.05, 3.63) is 107 Å². The van der Waals surface area contributed by atoms with E-state index in [0.717, 1.165) is 10.0 Å². The Balaban J connectivity index is 1.54. The van der Waals surface area contributed by atoms with Gasteiger partial charge in [-0.15, -0.1) is 0 Å². The first-order chi connectivity index (χ1) is 17.3. The molecule has 8 nitrogen and oxygen atoms in total. The van der Waals surface area contributed by atoms with Crippen LogP contribution >= 0.6 is 15.9 Å². The summed E-state index contributed by atoms with van der Waals surface area (Å²) in [5.41, 5.74) is 2.16. The van der Waals surface area contributed by atoms with Gasteiger partial charge in [0, 0.05) is 34.5 Å². The second-order valence-electron chi connectivity index (χ2n) is 7.81. The fourth-order valence-electron chi connectivity index (χ4n) is 3.49. The van der Waals surface area contributed by atoms with Crippen LogP contribution < -0.4 is 14.8 Å². The quantitative estimate of drug-likeness (QED) is 0.245. The number of halogens is 1. The molecule has 0 aliphatic heterocycles. The van der Waals surface area contributed by atoms with E-state index in [9.17, 15) is 13.2 Å². The Morgan fingerprint density at radius 3 is 2.19 bits per heavy atom. The molecule has 4 rings (SSSR count). The van der Waals surface area contributed by atoms with E-state index in [1.165, 1.54) is 24.5 Å². The summed E-state index contributed by atoms with van der Waals surface area (Å²) in [6.07, 6.45) is 3.10. The number of Topliss-reactive ketones (excluding diaryl/α,β-unsaturated/α-hetero) is 1. The topological polar surface area (TPSA) is 110 Å². The van der Waals surface area contributed by atoms with Crippen molar-refractivity contribution in [2.75, 3.05) is 17.1 Å². The van der Waals surface area contributed by atoms with Gasteiger partial charge in [-0.1, -0.05) is 40.2 Å². The third kappa shape index (κ3) is 6.46. The highest BCUT2D eigenvalue weighted by Gasteiger charge is 2.19. The van der Waals surface area contributed by atoms with Crippen LogP contribution in [-0.4, -0.2) is 31.3 Å². The van der Waals surface area contributed by atoms with Gasteiger partial charge in [-0.3, -0.25) is 4.79 Å². The van der Waals surface area contributed by atoms with Crippen LogP contribution in [0.5, 0.6) is 5.75 Å². The van der Waals surface area contributed by atoms with Gasteiger partial charge in [0.05, 0.1) is 18.0 Å². The summed E-state index contributed by atoms with van der Waals surface area (Å²) < 4.78 is 33.8. The van der Waals surface area contributed by atoms with E-state index in [0.29, 0.717) is 17.0 Å². The van der Waals surface area contributed by atoms with Gasteiger partial charge in [0.1, 0.15) is 5.75 Å². The number of aromatic nitrogens is 2. The van der Waals surface area contributed by atoms with Crippen LogP contribution in [0.4, 0.5) is 11.6 Å². The fraction of sp³-hybridized carbons (Fsp3) is 0.115. The molecule has 2 N–H and O–H groups in total. The van der Waals surface area contributed by atoms with Crippen molar-refractivity contribution in [2.24, 2.45) is 0 Å². The molecule has 0 fully saturated rings. The van der Waals surface area contributed by atoms with Crippen LogP contribution in [0.1, 0.15) is 28.4 Å². The number of sulfonamides is 1. The predicted octanol–water partition coefficient (Wildman–Crippen LogP) is 5.47. The van der Waals surface area contributed by atoms with Crippen molar-refractivity contribution >= 4 is 43.4 Å². The van der Waals surface area contributed by atoms with Crippen molar-refractivity contribution < 1.29 is 17.9 Å². The molecule has 0 radical (unpaired) electrons. The Kier molecular flexibility index (Phi) is 7.97. The number of carbonyl (C=O) groups is 1. The number of methoxy groups -OCH3 is 1. The Labute approximate surface area is 218 Å². The van der Waals surface area contributed by atoms with Gasteiger partial charge in [-0.05, 0) is 60.2 Å². The summed E-state index contributed by atoms with van der Waals surface area (Å²) in [7, 11) is -2.26. The van der Waals surface area contributed by atoms with Gasteiger partial charge < -0.3 is 10.1 Å². The van der Waals surface area contributed by atoms with E-state index < -0.39 is 10.0 Å². The molecule has 3 aromatic carbocycles. The molecule has 184 valence electrons. The molecule has 10 heteroatoms. The lowest BCUT2D eigenvalue weighted by molar-refractivity contribution is 0.0976. The Bertz CT molecular complexity index is 1410. The van der Waals surface area contributed by atoms with Crippen LogP contribution in [0.2, 0.25) is 0 Å². The van der Waals surface area contributed by atoms with Gasteiger partial charge in [0.15, 0.2) is 5.78 Å². The number of ether oxygens (including phenoxy) is 1. The van der Waals surface area contributed by atoms with Crippen molar-refractivity contribution in [1.82, 2.24) is 9.97 Å². The Morgan fingerprint density at radius 1 is 0.944 bits per heavy atom. The van der Waals surface area contributed by atoms with E-state index in [2.05, 4.69) is 35.9 Å². The number of nitrogens with zero attached hydrogens (tertiary/aromatic N) is 2. The number of ketones is 1. The van der Waals surface area contributed by atoms with Gasteiger partial charge in [0.2, 0.25) is 5.95 Å². The summed E-state index contributed by atoms with van der Waals surface area (Å²) in [5, 5.41) is 3.36. The van der Waals surface area contributed by atoms with Crippen LogP contribution in [0.3, 0.4) is 0 Å². The molecule has 0 amide bonds. The SMILES string of the molecule is COc1ccc(C(CC(=O)c2ccc(Br)cc2)Nc2ccc(S(=O)(=O)Nc3ncccn3)cc2)cc1. The van der Waals surface area contributed by atoms with E-state index in [1.807, 2.05) is 36.4 Å². The maximum atomic E-state index is 13.0. The number of carbonyl (C=O) groups excluding carboxylic acids is 1. The first-order valence-electron chi connectivity index (χ1n) is 10.9. The average molecular weight is 567 g/mol. The van der Waals surface area contributed by atoms with Gasteiger partial charge >= 0.3 is 0 Å². The highest BCUT2D eigenvalue weighted by Crippen LogP contribution is 2.27. The molecule has 0 saturated carbocycles. The van der Waals surface area contributed by atoms with Crippen LogP contribution in [0.15, 0.2) is 101 Å². The zero-order valence-corrected chi connectivity index (χ0v) is 21.7. The third-order valence-corrected chi connectivity index (χ3v) is 7.24. The maximum absolute atomic E-state index is 13.0. The molecular weight excluding hydrogens is 544 g/mol. The van der Waals surface area contributed by atoms with Crippen LogP contribution in [0.25, 0.3) is 0 Å². The first kappa shape index (κ1) is 25.3. The molecule has 0 aliphatic carbocycles. The van der Waals surface area contributed by atoms with Crippen molar-refractivity contribution in [2.45, 2.75) is 17.4 Å². The highest BCUT2D eigenvalue weighted by atomic mass is 79.9. The average Bonchev–Trinajstić information content (AvgIpc) is 2.89. The predicted molar refractivity (Wildman–Crippen MR) is 142 cm³/mol. The standard InChI is InChI=1S/C26H23BrN4O4S/c1-35-22-11-5-18(6-12-22)24(17-25(32)19-3-7-20(27)8-4-19)30-21-9-13-23(14-10-21)36(33,34)31-26-28-15-2-16-29-26/h2-16,24,30H,17H2,1H3,(H,28,29,31). The minimum absolute atomic E-state index is 0.00859. The molecule has 0 bridgehead atoms. The summed E-state index contributed by atoms with van der Waals surface area (Å²) in [6.45, 7) is 0. The monoisotopic (exact) mass is 566 g/mol. The third-order valence-electron chi connectivity index (χ3n) is 5.37. The lowest BCUT2D eigenvalue weighted by Crippen LogP contribution is -2.17. The van der Waals surface area contributed by atoms with Crippen molar-refractivity contribution in [1.29, 1.82) is 0 Å². The minimum Gasteiger partial charge on any atom is -0.497 e. The fourth-order valence-corrected chi connectivity index (χ4v) is 4.71. The summed E-state index contributed by atoms with van der Waals surface area (Å²) >= 11 is 3.39. The summed E-state index contributed by atoms with van der Waals surface area (Å²) in [4.78, 5) is 20.9. The summed E-state index contributed by atoms with van der Waals surface area (Å²) in [5.74, 6) is 0.675. The zero-order chi connectivity index (χ0) is 25.5. The molecule has 4 aromatic rings.